The van der Waals surface area contributed by atoms with Gasteiger partial charge in [-0.1, -0.05) is 11.3 Å². The average molecular weight is 272 g/mol. The maximum Gasteiger partial charge on any atom is 0.416 e. The van der Waals surface area contributed by atoms with Gasteiger partial charge in [0.1, 0.15) is 0 Å². The Morgan fingerprint density at radius 2 is 1.78 bits per heavy atom. The quantitative estimate of drug-likeness (QED) is 0.834. The Hall–Kier alpha value is -1.96. The second kappa shape index (κ2) is 4.73. The number of benzene rings is 1. The number of rotatable bonds is 2. The lowest BCUT2D eigenvalue weighted by Gasteiger charge is -2.05. The van der Waals surface area contributed by atoms with E-state index >= 15 is 0 Å². The average Bonchev–Trinajstić information content (AvgIpc) is 2.72. The molecular weight excluding hydrogens is 265 g/mol. The van der Waals surface area contributed by atoms with Crippen LogP contribution in [0.2, 0.25) is 0 Å². The number of azo groups is 1. The van der Waals surface area contributed by atoms with E-state index in [1.807, 2.05) is 0 Å². The van der Waals surface area contributed by atoms with Crippen molar-refractivity contribution in [1.29, 1.82) is 0 Å². The number of halogens is 3. The Morgan fingerprint density at radius 1 is 1.11 bits per heavy atom. The summed E-state index contributed by atoms with van der Waals surface area (Å²) in [6.45, 7) is 0. The minimum Gasteiger partial charge on any atom is -0.375 e. The zero-order chi connectivity index (χ0) is 13.2. The third kappa shape index (κ3) is 3.04. The summed E-state index contributed by atoms with van der Waals surface area (Å²) in [5.41, 5.74) is 5.01. The molecule has 2 aromatic rings. The van der Waals surface area contributed by atoms with Crippen LogP contribution in [0.3, 0.4) is 0 Å². The van der Waals surface area contributed by atoms with Crippen molar-refractivity contribution in [2.45, 2.75) is 6.18 Å². The maximum atomic E-state index is 12.3. The number of nitrogen functional groups attached to an aromatic ring is 1. The summed E-state index contributed by atoms with van der Waals surface area (Å²) in [4.78, 5) is 3.77. The van der Waals surface area contributed by atoms with Crippen LogP contribution in [0.4, 0.5) is 29.0 Å². The summed E-state index contributed by atoms with van der Waals surface area (Å²) in [7, 11) is 0. The van der Waals surface area contributed by atoms with E-state index in [0.29, 0.717) is 15.8 Å². The fourth-order valence-electron chi connectivity index (χ4n) is 1.15. The lowest BCUT2D eigenvalue weighted by molar-refractivity contribution is -0.137. The van der Waals surface area contributed by atoms with Gasteiger partial charge >= 0.3 is 6.18 Å². The molecule has 94 valence electrons. The van der Waals surface area contributed by atoms with E-state index in [9.17, 15) is 13.2 Å². The molecule has 0 saturated heterocycles. The zero-order valence-electron chi connectivity index (χ0n) is 8.85. The Kier molecular flexibility index (Phi) is 3.28. The first-order valence-electron chi connectivity index (χ1n) is 4.75. The molecule has 8 heteroatoms. The van der Waals surface area contributed by atoms with Gasteiger partial charge in [0.15, 0.2) is 10.1 Å². The Bertz CT molecular complexity index is 559. The molecule has 0 radical (unpaired) electrons. The summed E-state index contributed by atoms with van der Waals surface area (Å²) in [5, 5.41) is 8.45. The van der Waals surface area contributed by atoms with Crippen molar-refractivity contribution in [2.75, 3.05) is 5.73 Å². The van der Waals surface area contributed by atoms with Crippen LogP contribution < -0.4 is 5.73 Å². The molecule has 0 aliphatic heterocycles. The predicted octanol–water partition coefficient (Wildman–Crippen LogP) is 4.16. The Balaban J connectivity index is 2.13. The molecule has 0 amide bonds. The lowest BCUT2D eigenvalue weighted by atomic mass is 10.2. The van der Waals surface area contributed by atoms with Crippen molar-refractivity contribution in [3.8, 4) is 0 Å². The van der Waals surface area contributed by atoms with Crippen molar-refractivity contribution >= 4 is 27.2 Å². The van der Waals surface area contributed by atoms with Crippen LogP contribution in [0.15, 0.2) is 40.7 Å². The molecule has 0 fully saturated rings. The monoisotopic (exact) mass is 272 g/mol. The highest BCUT2D eigenvalue weighted by molar-refractivity contribution is 7.18. The van der Waals surface area contributed by atoms with Crippen LogP contribution in [-0.2, 0) is 6.18 Å². The van der Waals surface area contributed by atoms with Gasteiger partial charge in [-0.15, -0.1) is 10.2 Å². The van der Waals surface area contributed by atoms with Gasteiger partial charge in [-0.05, 0) is 24.3 Å². The number of aromatic nitrogens is 1. The fraction of sp³-hybridized carbons (Fsp3) is 0.100. The normalized spacial score (nSPS) is 12.2. The highest BCUT2D eigenvalue weighted by atomic mass is 32.1. The van der Waals surface area contributed by atoms with Crippen molar-refractivity contribution in [3.63, 3.8) is 0 Å². The van der Waals surface area contributed by atoms with Crippen molar-refractivity contribution in [3.05, 3.63) is 36.0 Å². The molecule has 0 aliphatic carbocycles. The molecule has 4 nitrogen and oxygen atoms in total. The van der Waals surface area contributed by atoms with Crippen molar-refractivity contribution in [2.24, 2.45) is 10.2 Å². The molecule has 0 saturated carbocycles. The van der Waals surface area contributed by atoms with Gasteiger partial charge in [0.25, 0.3) is 0 Å². The first-order valence-corrected chi connectivity index (χ1v) is 5.57. The molecule has 0 unspecified atom stereocenters. The minimum absolute atomic E-state index is 0.329. The number of hydrogen-bond donors (Lipinski definition) is 1. The second-order valence-electron chi connectivity index (χ2n) is 3.28. The van der Waals surface area contributed by atoms with E-state index in [1.165, 1.54) is 18.3 Å². The SMILES string of the molecule is Nc1ncc(N=Nc2ccc(C(F)(F)F)cc2)s1. The Morgan fingerprint density at radius 3 is 2.28 bits per heavy atom. The summed E-state index contributed by atoms with van der Waals surface area (Å²) < 4.78 is 36.9. The topological polar surface area (TPSA) is 63.6 Å². The van der Waals surface area contributed by atoms with Crippen LogP contribution >= 0.6 is 11.3 Å². The number of anilines is 1. The standard InChI is InChI=1S/C10H7F3N4S/c11-10(12,13)6-1-3-7(4-2-6)16-17-8-5-15-9(14)18-8/h1-5H,(H2,14,15). The molecule has 18 heavy (non-hydrogen) atoms. The summed E-state index contributed by atoms with van der Waals surface area (Å²) >= 11 is 1.14. The molecular formula is C10H7F3N4S. The number of nitrogens with two attached hydrogens (primary N) is 1. The van der Waals surface area contributed by atoms with Gasteiger partial charge in [0, 0.05) is 0 Å². The maximum absolute atomic E-state index is 12.3. The molecule has 0 atom stereocenters. The van der Waals surface area contributed by atoms with E-state index in [2.05, 4.69) is 15.2 Å². The van der Waals surface area contributed by atoms with Crippen molar-refractivity contribution < 1.29 is 13.2 Å². The highest BCUT2D eigenvalue weighted by Crippen LogP contribution is 2.31. The lowest BCUT2D eigenvalue weighted by Crippen LogP contribution is -2.03. The van der Waals surface area contributed by atoms with Crippen LogP contribution in [0.25, 0.3) is 0 Å². The van der Waals surface area contributed by atoms with Crippen LogP contribution in [0.1, 0.15) is 5.56 Å². The van der Waals surface area contributed by atoms with E-state index in [0.717, 1.165) is 23.5 Å². The van der Waals surface area contributed by atoms with Gasteiger partial charge in [-0.25, -0.2) is 4.98 Å². The molecule has 1 heterocycles. The van der Waals surface area contributed by atoms with Gasteiger partial charge in [0.05, 0.1) is 17.4 Å². The first-order chi connectivity index (χ1) is 8.45. The molecule has 0 aliphatic rings. The Labute approximate surface area is 104 Å². The predicted molar refractivity (Wildman–Crippen MR) is 62.1 cm³/mol. The highest BCUT2D eigenvalue weighted by Gasteiger charge is 2.29. The summed E-state index contributed by atoms with van der Waals surface area (Å²) in [6, 6.07) is 4.40. The largest absolute Gasteiger partial charge is 0.416 e. The van der Waals surface area contributed by atoms with Crippen LogP contribution in [0, 0.1) is 0 Å². The zero-order valence-corrected chi connectivity index (χ0v) is 9.66. The van der Waals surface area contributed by atoms with E-state index in [-0.39, 0.29) is 0 Å². The molecule has 1 aromatic heterocycles. The molecule has 2 N–H and O–H groups in total. The minimum atomic E-state index is -4.35. The molecule has 0 bridgehead atoms. The van der Waals surface area contributed by atoms with E-state index < -0.39 is 11.7 Å². The first kappa shape index (κ1) is 12.5. The van der Waals surface area contributed by atoms with Gasteiger partial charge in [-0.2, -0.15) is 13.2 Å². The number of hydrogen-bond acceptors (Lipinski definition) is 5. The van der Waals surface area contributed by atoms with Crippen LogP contribution in [-0.4, -0.2) is 4.98 Å². The number of nitrogens with zero attached hydrogens (tertiary/aromatic N) is 3. The van der Waals surface area contributed by atoms with Crippen molar-refractivity contribution in [1.82, 2.24) is 4.98 Å². The van der Waals surface area contributed by atoms with Gasteiger partial charge in [0.2, 0.25) is 0 Å². The van der Waals surface area contributed by atoms with Crippen LogP contribution in [0.5, 0.6) is 0 Å². The number of thiazole rings is 1. The molecule has 1 aromatic carbocycles. The smallest absolute Gasteiger partial charge is 0.375 e. The molecule has 0 spiro atoms. The van der Waals surface area contributed by atoms with E-state index in [4.69, 9.17) is 5.73 Å². The van der Waals surface area contributed by atoms with Gasteiger partial charge < -0.3 is 5.73 Å². The van der Waals surface area contributed by atoms with Gasteiger partial charge in [-0.3, -0.25) is 0 Å². The molecule has 2 rings (SSSR count). The number of alkyl halides is 3. The fourth-order valence-corrected chi connectivity index (χ4v) is 1.66. The summed E-state index contributed by atoms with van der Waals surface area (Å²) in [5.74, 6) is 0. The van der Waals surface area contributed by atoms with E-state index in [1.54, 1.807) is 0 Å². The third-order valence-electron chi connectivity index (χ3n) is 1.97. The summed E-state index contributed by atoms with van der Waals surface area (Å²) in [6.07, 6.45) is -2.91. The second-order valence-corrected chi connectivity index (χ2v) is 4.32. The third-order valence-corrected chi connectivity index (χ3v) is 2.68.